The highest BCUT2D eigenvalue weighted by Gasteiger charge is 2.45. The van der Waals surface area contributed by atoms with Crippen LogP contribution in [-0.4, -0.2) is 77.5 Å². The van der Waals surface area contributed by atoms with Crippen LogP contribution < -0.4 is 26.0 Å². The number of H-pyrrole nitrogens is 1. The fraction of sp³-hybridized carbons (Fsp3) is 0.383. The third-order valence-corrected chi connectivity index (χ3v) is 13.1. The van der Waals surface area contributed by atoms with Gasteiger partial charge in [-0.15, -0.1) is 0 Å². The second-order valence-electron chi connectivity index (χ2n) is 15.4. The summed E-state index contributed by atoms with van der Waals surface area (Å²) in [5, 5.41) is 3.35. The van der Waals surface area contributed by atoms with E-state index in [-0.39, 0.29) is 18.7 Å². The summed E-state index contributed by atoms with van der Waals surface area (Å²) in [5.41, 5.74) is 1.82. The molecule has 324 valence electrons. The SMILES string of the molecule is COc1ccc(C(OC[C@H]2O[C@@H](n3cc(C)c(=O)[nH]c3=O)C[C@@H]2OP(OCCCNC(=S)c2ccccc2)N(C(C)C)C(C)C)(c2ccccc2)c2ccc(OC)cc2)cc1. The van der Waals surface area contributed by atoms with Crippen LogP contribution in [0.15, 0.2) is 125 Å². The molecule has 0 radical (unpaired) electrons. The van der Waals surface area contributed by atoms with Gasteiger partial charge in [-0.1, -0.05) is 97.1 Å². The number of aromatic nitrogens is 2. The molecular formula is C47H57N4O8PS. The van der Waals surface area contributed by atoms with Crippen molar-refractivity contribution >= 4 is 25.7 Å². The van der Waals surface area contributed by atoms with Gasteiger partial charge in [0, 0.05) is 42.4 Å². The van der Waals surface area contributed by atoms with E-state index in [0.29, 0.717) is 48.0 Å². The summed E-state index contributed by atoms with van der Waals surface area (Å²) in [5.74, 6) is 1.42. The van der Waals surface area contributed by atoms with Gasteiger partial charge in [-0.3, -0.25) is 14.3 Å². The third kappa shape index (κ3) is 11.0. The lowest BCUT2D eigenvalue weighted by Crippen LogP contribution is -2.39. The van der Waals surface area contributed by atoms with Gasteiger partial charge in [0.2, 0.25) is 0 Å². The summed E-state index contributed by atoms with van der Waals surface area (Å²) in [6.07, 6.45) is 0.492. The molecule has 1 fully saturated rings. The summed E-state index contributed by atoms with van der Waals surface area (Å²) in [4.78, 5) is 28.9. The zero-order chi connectivity index (χ0) is 43.5. The van der Waals surface area contributed by atoms with Crippen molar-refractivity contribution in [3.05, 3.63) is 164 Å². The van der Waals surface area contributed by atoms with Crippen molar-refractivity contribution in [3.8, 4) is 11.5 Å². The van der Waals surface area contributed by atoms with Crippen LogP contribution in [0.25, 0.3) is 0 Å². The molecule has 1 saturated heterocycles. The van der Waals surface area contributed by atoms with Crippen LogP contribution in [0, 0.1) is 6.92 Å². The number of hydrogen-bond acceptors (Lipinski definition) is 10. The van der Waals surface area contributed by atoms with Gasteiger partial charge in [-0.2, -0.15) is 0 Å². The first kappa shape index (κ1) is 45.8. The average Bonchev–Trinajstić information content (AvgIpc) is 3.67. The summed E-state index contributed by atoms with van der Waals surface area (Å²) < 4.78 is 42.6. The zero-order valence-electron chi connectivity index (χ0n) is 35.9. The molecule has 14 heteroatoms. The fourth-order valence-corrected chi connectivity index (χ4v) is 9.60. The highest BCUT2D eigenvalue weighted by atomic mass is 32.1. The number of methoxy groups -OCH3 is 2. The molecule has 0 spiro atoms. The van der Waals surface area contributed by atoms with Crippen LogP contribution in [0.2, 0.25) is 0 Å². The van der Waals surface area contributed by atoms with E-state index in [4.69, 9.17) is 40.2 Å². The van der Waals surface area contributed by atoms with Crippen LogP contribution in [-0.2, 0) is 24.1 Å². The van der Waals surface area contributed by atoms with E-state index in [2.05, 4.69) is 42.7 Å². The second kappa shape index (κ2) is 21.4. The maximum Gasteiger partial charge on any atom is 0.330 e. The Morgan fingerprint density at radius 2 is 1.43 bits per heavy atom. The van der Waals surface area contributed by atoms with Crippen molar-refractivity contribution in [3.63, 3.8) is 0 Å². The number of aryl methyl sites for hydroxylation is 1. The van der Waals surface area contributed by atoms with Crippen molar-refractivity contribution in [2.24, 2.45) is 0 Å². The molecule has 6 rings (SSSR count). The van der Waals surface area contributed by atoms with Crippen LogP contribution in [0.1, 0.15) is 74.6 Å². The van der Waals surface area contributed by atoms with Crippen LogP contribution >= 0.6 is 20.7 Å². The van der Waals surface area contributed by atoms with Gasteiger partial charge < -0.3 is 33.3 Å². The first-order valence-electron chi connectivity index (χ1n) is 20.6. The maximum absolute atomic E-state index is 13.3. The number of thiocarbonyl (C=S) groups is 1. The van der Waals surface area contributed by atoms with E-state index in [1.807, 2.05) is 109 Å². The minimum absolute atomic E-state index is 0.0542. The van der Waals surface area contributed by atoms with Gasteiger partial charge in [0.25, 0.3) is 14.1 Å². The largest absolute Gasteiger partial charge is 0.497 e. The molecular weight excluding hydrogens is 812 g/mol. The number of nitrogens with one attached hydrogen (secondary N) is 2. The summed E-state index contributed by atoms with van der Waals surface area (Å²) >= 11 is 5.62. The molecule has 1 aromatic heterocycles. The Bertz CT molecular complexity index is 2220. The molecule has 2 heterocycles. The Hall–Kier alpha value is -4.72. The first-order chi connectivity index (χ1) is 29.4. The fourth-order valence-electron chi connectivity index (χ4n) is 7.56. The summed E-state index contributed by atoms with van der Waals surface area (Å²) in [6.45, 7) is 11.2. The Morgan fingerprint density at radius 3 is 1.98 bits per heavy atom. The van der Waals surface area contributed by atoms with E-state index in [1.165, 1.54) is 10.8 Å². The highest BCUT2D eigenvalue weighted by Crippen LogP contribution is 2.50. The molecule has 0 aliphatic carbocycles. The highest BCUT2D eigenvalue weighted by molar-refractivity contribution is 7.80. The Labute approximate surface area is 365 Å². The van der Waals surface area contributed by atoms with Gasteiger partial charge in [0.1, 0.15) is 34.4 Å². The number of nitrogens with zero attached hydrogens (tertiary/aromatic N) is 2. The van der Waals surface area contributed by atoms with Crippen LogP contribution in [0.3, 0.4) is 0 Å². The van der Waals surface area contributed by atoms with E-state index in [0.717, 1.165) is 22.3 Å². The standard InChI is InChI=1S/C47H57N4O8PS/c1-32(2)51(33(3)4)60(57-28-14-27-48-45(61)35-15-10-8-11-16-35)59-41-29-43(50-30-34(5)44(52)49-46(50)53)58-42(41)31-56-47(36-17-12-9-13-18-36,37-19-23-39(54-6)24-20-37)38-21-25-40(55-7)26-22-38/h8-13,15-26,30,32-33,41-43H,14,27-29,31H2,1-7H3,(H,48,61)(H,49,52,53)/t41-,42+,43+,60?/m0/s1. The summed E-state index contributed by atoms with van der Waals surface area (Å²) in [7, 11) is 1.64. The second-order valence-corrected chi connectivity index (χ2v) is 17.2. The third-order valence-electron chi connectivity index (χ3n) is 10.6. The molecule has 12 nitrogen and oxygen atoms in total. The molecule has 5 aromatic rings. The predicted molar refractivity (Wildman–Crippen MR) is 243 cm³/mol. The van der Waals surface area contributed by atoms with E-state index >= 15 is 0 Å². The Morgan fingerprint density at radius 1 is 0.869 bits per heavy atom. The lowest BCUT2D eigenvalue weighted by molar-refractivity contribution is -0.0926. The molecule has 1 aliphatic heterocycles. The molecule has 2 N–H and O–H groups in total. The Balaban J connectivity index is 1.34. The number of aromatic amines is 1. The topological polar surface area (TPSA) is 126 Å². The van der Waals surface area contributed by atoms with Crippen LogP contribution in [0.4, 0.5) is 0 Å². The van der Waals surface area contributed by atoms with Gasteiger partial charge in [0.15, 0.2) is 0 Å². The van der Waals surface area contributed by atoms with E-state index in [9.17, 15) is 9.59 Å². The molecule has 4 aromatic carbocycles. The number of benzene rings is 4. The average molecular weight is 869 g/mol. The van der Waals surface area contributed by atoms with Gasteiger partial charge in [-0.05, 0) is 82.0 Å². The van der Waals surface area contributed by atoms with Crippen molar-refractivity contribution in [2.75, 3.05) is 34.0 Å². The van der Waals surface area contributed by atoms with Crippen LogP contribution in [0.5, 0.6) is 11.5 Å². The number of rotatable bonds is 20. The Kier molecular flexibility index (Phi) is 16.1. The molecule has 0 amide bonds. The van der Waals surface area contributed by atoms with E-state index in [1.54, 1.807) is 21.1 Å². The van der Waals surface area contributed by atoms with Crippen molar-refractivity contribution in [1.29, 1.82) is 0 Å². The molecule has 0 bridgehead atoms. The smallest absolute Gasteiger partial charge is 0.330 e. The number of ether oxygens (including phenoxy) is 4. The quantitative estimate of drug-likeness (QED) is 0.0340. The lowest BCUT2D eigenvalue weighted by Gasteiger charge is -2.39. The minimum atomic E-state index is -1.64. The molecule has 1 unspecified atom stereocenters. The van der Waals surface area contributed by atoms with Crippen molar-refractivity contribution in [2.45, 2.75) is 83.6 Å². The molecule has 0 saturated carbocycles. The number of hydrogen-bond donors (Lipinski definition) is 2. The maximum atomic E-state index is 13.3. The summed E-state index contributed by atoms with van der Waals surface area (Å²) in [6, 6.07) is 35.8. The van der Waals surface area contributed by atoms with Gasteiger partial charge in [0.05, 0.1) is 33.5 Å². The normalized spacial score (nSPS) is 17.2. The first-order valence-corrected chi connectivity index (χ1v) is 22.2. The predicted octanol–water partition coefficient (Wildman–Crippen LogP) is 8.26. The monoisotopic (exact) mass is 868 g/mol. The molecule has 61 heavy (non-hydrogen) atoms. The molecule has 1 aliphatic rings. The van der Waals surface area contributed by atoms with Gasteiger partial charge >= 0.3 is 5.69 Å². The zero-order valence-corrected chi connectivity index (χ0v) is 37.6. The molecule has 4 atom stereocenters. The minimum Gasteiger partial charge on any atom is -0.497 e. The van der Waals surface area contributed by atoms with Crippen molar-refractivity contribution < 1.29 is 28.0 Å². The van der Waals surface area contributed by atoms with E-state index < -0.39 is 43.8 Å². The lowest BCUT2D eigenvalue weighted by atomic mass is 9.80. The van der Waals surface area contributed by atoms with Crippen molar-refractivity contribution in [1.82, 2.24) is 19.5 Å². The van der Waals surface area contributed by atoms with Gasteiger partial charge in [-0.25, -0.2) is 9.46 Å².